The average Bonchev–Trinajstić information content (AvgIpc) is 2.91. The van der Waals surface area contributed by atoms with E-state index in [1.54, 1.807) is 19.2 Å². The van der Waals surface area contributed by atoms with Gasteiger partial charge in [-0.25, -0.2) is 9.37 Å². The number of hydrogen-bond acceptors (Lipinski definition) is 3. The molecule has 2 aromatic carbocycles. The molecule has 0 aliphatic heterocycles. The summed E-state index contributed by atoms with van der Waals surface area (Å²) in [4.78, 5) is 7.65. The Kier molecular flexibility index (Phi) is 3.73. The Bertz CT molecular complexity index is 737. The van der Waals surface area contributed by atoms with Crippen LogP contribution >= 0.6 is 0 Å². The SMILES string of the molecule is COc1ccc2nc(NCCc3ccc(F)cc3)[nH]c2c1. The average molecular weight is 285 g/mol. The van der Waals surface area contributed by atoms with Gasteiger partial charge in [0.1, 0.15) is 11.6 Å². The molecule has 21 heavy (non-hydrogen) atoms. The fraction of sp³-hybridized carbons (Fsp3) is 0.188. The van der Waals surface area contributed by atoms with Gasteiger partial charge in [0.15, 0.2) is 0 Å². The van der Waals surface area contributed by atoms with Crippen LogP contribution < -0.4 is 10.1 Å². The Balaban J connectivity index is 1.63. The number of fused-ring (bicyclic) bond motifs is 1. The Hall–Kier alpha value is -2.56. The quantitative estimate of drug-likeness (QED) is 0.755. The number of benzene rings is 2. The van der Waals surface area contributed by atoms with Crippen molar-refractivity contribution in [2.45, 2.75) is 6.42 Å². The minimum absolute atomic E-state index is 0.210. The van der Waals surface area contributed by atoms with Crippen LogP contribution in [0, 0.1) is 5.82 Å². The van der Waals surface area contributed by atoms with Crippen LogP contribution in [0.25, 0.3) is 11.0 Å². The Morgan fingerprint density at radius 3 is 2.76 bits per heavy atom. The van der Waals surface area contributed by atoms with Crippen molar-refractivity contribution in [2.75, 3.05) is 19.0 Å². The van der Waals surface area contributed by atoms with Crippen LogP contribution in [0.2, 0.25) is 0 Å². The highest BCUT2D eigenvalue weighted by atomic mass is 19.1. The van der Waals surface area contributed by atoms with Crippen LogP contribution in [-0.2, 0) is 6.42 Å². The number of nitrogens with zero attached hydrogens (tertiary/aromatic N) is 1. The van der Waals surface area contributed by atoms with E-state index in [4.69, 9.17) is 4.74 Å². The van der Waals surface area contributed by atoms with E-state index in [9.17, 15) is 4.39 Å². The van der Waals surface area contributed by atoms with Gasteiger partial charge in [0, 0.05) is 12.6 Å². The van der Waals surface area contributed by atoms with Crippen molar-refractivity contribution >= 4 is 17.0 Å². The van der Waals surface area contributed by atoms with E-state index in [0.29, 0.717) is 0 Å². The van der Waals surface area contributed by atoms with Crippen LogP contribution in [0.15, 0.2) is 42.5 Å². The molecule has 0 spiro atoms. The zero-order valence-corrected chi connectivity index (χ0v) is 11.7. The van der Waals surface area contributed by atoms with Crippen molar-refractivity contribution in [3.05, 3.63) is 53.8 Å². The molecule has 5 heteroatoms. The number of hydrogen-bond donors (Lipinski definition) is 2. The van der Waals surface area contributed by atoms with Crippen molar-refractivity contribution in [3.8, 4) is 5.75 Å². The predicted octanol–water partition coefficient (Wildman–Crippen LogP) is 3.37. The molecule has 108 valence electrons. The molecule has 2 N–H and O–H groups in total. The first-order valence-corrected chi connectivity index (χ1v) is 6.77. The monoisotopic (exact) mass is 285 g/mol. The van der Waals surface area contributed by atoms with Crippen molar-refractivity contribution < 1.29 is 9.13 Å². The van der Waals surface area contributed by atoms with E-state index in [1.165, 1.54) is 12.1 Å². The second-order valence-electron chi connectivity index (χ2n) is 4.77. The van der Waals surface area contributed by atoms with Gasteiger partial charge in [-0.05, 0) is 36.2 Å². The van der Waals surface area contributed by atoms with Gasteiger partial charge >= 0.3 is 0 Å². The maximum atomic E-state index is 12.8. The van der Waals surface area contributed by atoms with Gasteiger partial charge in [0.2, 0.25) is 5.95 Å². The van der Waals surface area contributed by atoms with Crippen molar-refractivity contribution in [2.24, 2.45) is 0 Å². The van der Waals surface area contributed by atoms with E-state index in [1.807, 2.05) is 18.2 Å². The second kappa shape index (κ2) is 5.83. The zero-order chi connectivity index (χ0) is 14.7. The van der Waals surface area contributed by atoms with E-state index >= 15 is 0 Å². The minimum Gasteiger partial charge on any atom is -0.497 e. The number of aromatic amines is 1. The number of imidazole rings is 1. The van der Waals surface area contributed by atoms with E-state index < -0.39 is 0 Å². The number of methoxy groups -OCH3 is 1. The first kappa shape index (κ1) is 13.4. The summed E-state index contributed by atoms with van der Waals surface area (Å²) in [5, 5.41) is 3.23. The summed E-state index contributed by atoms with van der Waals surface area (Å²) in [6.45, 7) is 0.725. The highest BCUT2D eigenvalue weighted by molar-refractivity contribution is 5.79. The van der Waals surface area contributed by atoms with Crippen LogP contribution in [0.4, 0.5) is 10.3 Å². The molecule has 3 rings (SSSR count). The van der Waals surface area contributed by atoms with Gasteiger partial charge in [0.25, 0.3) is 0 Å². The first-order valence-electron chi connectivity index (χ1n) is 6.77. The Labute approximate surface area is 122 Å². The lowest BCUT2D eigenvalue weighted by molar-refractivity contribution is 0.415. The highest BCUT2D eigenvalue weighted by Gasteiger charge is 2.03. The van der Waals surface area contributed by atoms with E-state index in [2.05, 4.69) is 15.3 Å². The lowest BCUT2D eigenvalue weighted by atomic mass is 10.1. The van der Waals surface area contributed by atoms with Crippen molar-refractivity contribution in [1.82, 2.24) is 9.97 Å². The van der Waals surface area contributed by atoms with Crippen LogP contribution in [0.5, 0.6) is 5.75 Å². The van der Waals surface area contributed by atoms with Crippen LogP contribution in [-0.4, -0.2) is 23.6 Å². The summed E-state index contributed by atoms with van der Waals surface area (Å²) in [7, 11) is 1.64. The van der Waals surface area contributed by atoms with Gasteiger partial charge in [-0.15, -0.1) is 0 Å². The van der Waals surface area contributed by atoms with Crippen molar-refractivity contribution in [1.29, 1.82) is 0 Å². The summed E-state index contributed by atoms with van der Waals surface area (Å²) in [5.41, 5.74) is 2.90. The molecular formula is C16H16FN3O. The molecule has 1 aromatic heterocycles. The molecular weight excluding hydrogens is 269 g/mol. The third kappa shape index (κ3) is 3.13. The van der Waals surface area contributed by atoms with Gasteiger partial charge in [-0.3, -0.25) is 0 Å². The van der Waals surface area contributed by atoms with Gasteiger partial charge in [-0.1, -0.05) is 12.1 Å². The first-order chi connectivity index (χ1) is 10.2. The van der Waals surface area contributed by atoms with E-state index in [0.717, 1.165) is 41.3 Å². The number of aromatic nitrogens is 2. The number of ether oxygens (including phenoxy) is 1. The van der Waals surface area contributed by atoms with Crippen LogP contribution in [0.3, 0.4) is 0 Å². The molecule has 4 nitrogen and oxygen atoms in total. The summed E-state index contributed by atoms with van der Waals surface area (Å²) in [6.07, 6.45) is 0.806. The maximum Gasteiger partial charge on any atom is 0.201 e. The molecule has 0 aliphatic rings. The largest absolute Gasteiger partial charge is 0.497 e. The molecule has 3 aromatic rings. The number of nitrogens with one attached hydrogen (secondary N) is 2. The Morgan fingerprint density at radius 2 is 2.00 bits per heavy atom. The smallest absolute Gasteiger partial charge is 0.201 e. The molecule has 0 saturated carbocycles. The fourth-order valence-corrected chi connectivity index (χ4v) is 2.18. The fourth-order valence-electron chi connectivity index (χ4n) is 2.18. The maximum absolute atomic E-state index is 12.8. The highest BCUT2D eigenvalue weighted by Crippen LogP contribution is 2.20. The molecule has 0 atom stereocenters. The molecule has 0 fully saturated rings. The molecule has 0 aliphatic carbocycles. The summed E-state index contributed by atoms with van der Waals surface area (Å²) >= 11 is 0. The molecule has 0 amide bonds. The predicted molar refractivity (Wildman–Crippen MR) is 81.2 cm³/mol. The van der Waals surface area contributed by atoms with Gasteiger partial charge in [0.05, 0.1) is 18.1 Å². The standard InChI is InChI=1S/C16H16FN3O/c1-21-13-6-7-14-15(10-13)20-16(19-14)18-9-8-11-2-4-12(17)5-3-11/h2-7,10H,8-9H2,1H3,(H2,18,19,20). The summed E-state index contributed by atoms with van der Waals surface area (Å²) in [6, 6.07) is 12.2. The molecule has 0 unspecified atom stereocenters. The Morgan fingerprint density at radius 1 is 1.19 bits per heavy atom. The topological polar surface area (TPSA) is 49.9 Å². The molecule has 1 heterocycles. The van der Waals surface area contributed by atoms with Crippen molar-refractivity contribution in [3.63, 3.8) is 0 Å². The normalized spacial score (nSPS) is 10.8. The number of anilines is 1. The molecule has 0 bridgehead atoms. The lowest BCUT2D eigenvalue weighted by Gasteiger charge is -2.03. The third-order valence-electron chi connectivity index (χ3n) is 3.31. The van der Waals surface area contributed by atoms with Gasteiger partial charge in [-0.2, -0.15) is 0 Å². The number of halogens is 1. The van der Waals surface area contributed by atoms with E-state index in [-0.39, 0.29) is 5.82 Å². The minimum atomic E-state index is -0.210. The molecule has 0 saturated heterocycles. The van der Waals surface area contributed by atoms with Crippen LogP contribution in [0.1, 0.15) is 5.56 Å². The lowest BCUT2D eigenvalue weighted by Crippen LogP contribution is -2.05. The summed E-state index contributed by atoms with van der Waals surface area (Å²) in [5.74, 6) is 1.31. The zero-order valence-electron chi connectivity index (χ0n) is 11.7. The molecule has 0 radical (unpaired) electrons. The third-order valence-corrected chi connectivity index (χ3v) is 3.31. The summed E-state index contributed by atoms with van der Waals surface area (Å²) < 4.78 is 18.0. The second-order valence-corrected chi connectivity index (χ2v) is 4.77. The number of H-pyrrole nitrogens is 1. The number of rotatable bonds is 5. The van der Waals surface area contributed by atoms with Gasteiger partial charge < -0.3 is 15.0 Å².